The lowest BCUT2D eigenvalue weighted by molar-refractivity contribution is -0.139. The minimum atomic E-state index is -0.729. The number of carbonyl (C=O) groups is 1. The lowest BCUT2D eigenvalue weighted by Gasteiger charge is -2.15. The topological polar surface area (TPSA) is 37.3 Å². The van der Waals surface area contributed by atoms with E-state index in [1.165, 1.54) is 5.56 Å². The Hall–Kier alpha value is -2.09. The molecule has 0 amide bonds. The highest BCUT2D eigenvalue weighted by Gasteiger charge is 2.20. The monoisotopic (exact) mass is 268 g/mol. The highest BCUT2D eigenvalue weighted by molar-refractivity contribution is 5.76. The first-order valence-corrected chi connectivity index (χ1v) is 7.00. The third-order valence-electron chi connectivity index (χ3n) is 3.66. The van der Waals surface area contributed by atoms with Crippen LogP contribution in [0.2, 0.25) is 0 Å². The number of hydrogen-bond acceptors (Lipinski definition) is 1. The minimum Gasteiger partial charge on any atom is -0.481 e. The van der Waals surface area contributed by atoms with Crippen LogP contribution in [0, 0.1) is 6.92 Å². The number of carboxylic acid groups (broad SMARTS) is 1. The molecule has 0 aliphatic heterocycles. The Morgan fingerprint density at radius 1 is 1.05 bits per heavy atom. The molecule has 2 aromatic rings. The number of hydrogen-bond donors (Lipinski definition) is 1. The molecule has 0 aliphatic rings. The molecule has 1 atom stereocenters. The maximum absolute atomic E-state index is 11.5. The van der Waals surface area contributed by atoms with Crippen molar-refractivity contribution >= 4 is 5.97 Å². The highest BCUT2D eigenvalue weighted by Crippen LogP contribution is 2.25. The van der Waals surface area contributed by atoms with Crippen molar-refractivity contribution in [2.75, 3.05) is 0 Å². The van der Waals surface area contributed by atoms with Crippen LogP contribution >= 0.6 is 0 Å². The van der Waals surface area contributed by atoms with Crippen LogP contribution < -0.4 is 0 Å². The van der Waals surface area contributed by atoms with Gasteiger partial charge >= 0.3 is 5.97 Å². The maximum Gasteiger partial charge on any atom is 0.310 e. The zero-order chi connectivity index (χ0) is 14.4. The first-order chi connectivity index (χ1) is 9.68. The van der Waals surface area contributed by atoms with E-state index in [-0.39, 0.29) is 0 Å². The molecule has 0 saturated carbocycles. The van der Waals surface area contributed by atoms with Gasteiger partial charge in [-0.05, 0) is 42.9 Å². The van der Waals surface area contributed by atoms with Gasteiger partial charge in [0.05, 0.1) is 5.92 Å². The maximum atomic E-state index is 11.5. The molecule has 0 aromatic heterocycles. The molecule has 2 rings (SSSR count). The summed E-state index contributed by atoms with van der Waals surface area (Å²) in [6.45, 7) is 1.97. The molecule has 0 spiro atoms. The zero-order valence-corrected chi connectivity index (χ0v) is 11.8. The van der Waals surface area contributed by atoms with Gasteiger partial charge in [0.15, 0.2) is 0 Å². The molecule has 0 bridgehead atoms. The van der Waals surface area contributed by atoms with Crippen molar-refractivity contribution in [3.05, 3.63) is 71.3 Å². The standard InChI is InChI=1S/C18H20O2/c1-14-8-5-6-12-16(14)17(18(19)20)13-7-11-15-9-3-2-4-10-15/h2-6,8-10,12,17H,7,11,13H2,1H3,(H,19,20). The SMILES string of the molecule is Cc1ccccc1C(CCCc1ccccc1)C(=O)O. The Balaban J connectivity index is 2.01. The van der Waals surface area contributed by atoms with Crippen LogP contribution in [-0.2, 0) is 11.2 Å². The normalized spacial score (nSPS) is 12.1. The molecule has 1 unspecified atom stereocenters. The van der Waals surface area contributed by atoms with E-state index in [1.807, 2.05) is 49.4 Å². The molecule has 2 heteroatoms. The van der Waals surface area contributed by atoms with E-state index in [2.05, 4.69) is 12.1 Å². The molecule has 0 saturated heterocycles. The molecule has 0 fully saturated rings. The Kier molecular flexibility index (Phi) is 4.94. The molecule has 20 heavy (non-hydrogen) atoms. The first kappa shape index (κ1) is 14.3. The van der Waals surface area contributed by atoms with Crippen LogP contribution in [0.3, 0.4) is 0 Å². The zero-order valence-electron chi connectivity index (χ0n) is 11.8. The van der Waals surface area contributed by atoms with Crippen molar-refractivity contribution in [3.63, 3.8) is 0 Å². The fraction of sp³-hybridized carbons (Fsp3) is 0.278. The smallest absolute Gasteiger partial charge is 0.310 e. The minimum absolute atomic E-state index is 0.403. The summed E-state index contributed by atoms with van der Waals surface area (Å²) in [6.07, 6.45) is 2.49. The predicted octanol–water partition coefficient (Wildman–Crippen LogP) is 4.19. The molecule has 0 radical (unpaired) electrons. The van der Waals surface area contributed by atoms with Gasteiger partial charge in [0, 0.05) is 0 Å². The fourth-order valence-electron chi connectivity index (χ4n) is 2.54. The number of rotatable bonds is 6. The predicted molar refractivity (Wildman–Crippen MR) is 80.9 cm³/mol. The fourth-order valence-corrected chi connectivity index (χ4v) is 2.54. The molecular formula is C18H20O2. The second-order valence-corrected chi connectivity index (χ2v) is 5.13. The lowest BCUT2D eigenvalue weighted by atomic mass is 9.90. The quantitative estimate of drug-likeness (QED) is 0.853. The Morgan fingerprint density at radius 3 is 2.35 bits per heavy atom. The second-order valence-electron chi connectivity index (χ2n) is 5.13. The number of benzene rings is 2. The second kappa shape index (κ2) is 6.90. The van der Waals surface area contributed by atoms with Crippen molar-refractivity contribution in [2.45, 2.75) is 32.1 Å². The Labute approximate surface area is 120 Å². The van der Waals surface area contributed by atoms with Gasteiger partial charge in [-0.1, -0.05) is 54.6 Å². The molecule has 2 nitrogen and oxygen atoms in total. The summed E-state index contributed by atoms with van der Waals surface area (Å²) in [7, 11) is 0. The van der Waals surface area contributed by atoms with Crippen LogP contribution in [0.5, 0.6) is 0 Å². The third kappa shape index (κ3) is 3.70. The number of aliphatic carboxylic acids is 1. The summed E-state index contributed by atoms with van der Waals surface area (Å²) in [4.78, 5) is 11.5. The van der Waals surface area contributed by atoms with Gasteiger partial charge in [-0.2, -0.15) is 0 Å². The van der Waals surface area contributed by atoms with E-state index >= 15 is 0 Å². The van der Waals surface area contributed by atoms with Crippen LogP contribution in [0.4, 0.5) is 0 Å². The number of carboxylic acids is 1. The molecule has 1 N–H and O–H groups in total. The van der Waals surface area contributed by atoms with E-state index in [0.29, 0.717) is 6.42 Å². The molecule has 0 heterocycles. The third-order valence-corrected chi connectivity index (χ3v) is 3.66. The molecule has 2 aromatic carbocycles. The largest absolute Gasteiger partial charge is 0.481 e. The van der Waals surface area contributed by atoms with E-state index in [1.54, 1.807) is 0 Å². The van der Waals surface area contributed by atoms with E-state index in [0.717, 1.165) is 24.0 Å². The van der Waals surface area contributed by atoms with Crippen LogP contribution in [-0.4, -0.2) is 11.1 Å². The van der Waals surface area contributed by atoms with Gasteiger partial charge in [0.2, 0.25) is 0 Å². The Bertz CT molecular complexity index is 561. The molecular weight excluding hydrogens is 248 g/mol. The van der Waals surface area contributed by atoms with Gasteiger partial charge in [-0.15, -0.1) is 0 Å². The van der Waals surface area contributed by atoms with Gasteiger partial charge in [0.1, 0.15) is 0 Å². The average molecular weight is 268 g/mol. The summed E-state index contributed by atoms with van der Waals surface area (Å²) in [6, 6.07) is 18.0. The molecule has 0 aliphatic carbocycles. The van der Waals surface area contributed by atoms with Crippen LogP contribution in [0.1, 0.15) is 35.4 Å². The highest BCUT2D eigenvalue weighted by atomic mass is 16.4. The number of aryl methyl sites for hydroxylation is 2. The van der Waals surface area contributed by atoms with Crippen molar-refractivity contribution in [3.8, 4) is 0 Å². The summed E-state index contributed by atoms with van der Waals surface area (Å²) >= 11 is 0. The van der Waals surface area contributed by atoms with Crippen molar-refractivity contribution in [1.82, 2.24) is 0 Å². The first-order valence-electron chi connectivity index (χ1n) is 7.00. The van der Waals surface area contributed by atoms with Gasteiger partial charge in [0.25, 0.3) is 0 Å². The van der Waals surface area contributed by atoms with Crippen LogP contribution in [0.25, 0.3) is 0 Å². The van der Waals surface area contributed by atoms with Gasteiger partial charge in [-0.25, -0.2) is 0 Å². The summed E-state index contributed by atoms with van der Waals surface area (Å²) in [5.41, 5.74) is 3.26. The van der Waals surface area contributed by atoms with E-state index in [4.69, 9.17) is 0 Å². The summed E-state index contributed by atoms with van der Waals surface area (Å²) < 4.78 is 0. The van der Waals surface area contributed by atoms with E-state index in [9.17, 15) is 9.90 Å². The lowest BCUT2D eigenvalue weighted by Crippen LogP contribution is -2.13. The molecule has 104 valence electrons. The van der Waals surface area contributed by atoms with Crippen molar-refractivity contribution in [2.24, 2.45) is 0 Å². The van der Waals surface area contributed by atoms with Crippen LogP contribution in [0.15, 0.2) is 54.6 Å². The van der Waals surface area contributed by atoms with Crippen molar-refractivity contribution in [1.29, 1.82) is 0 Å². The summed E-state index contributed by atoms with van der Waals surface area (Å²) in [5, 5.41) is 9.45. The summed E-state index contributed by atoms with van der Waals surface area (Å²) in [5.74, 6) is -1.13. The Morgan fingerprint density at radius 2 is 1.70 bits per heavy atom. The van der Waals surface area contributed by atoms with Crippen molar-refractivity contribution < 1.29 is 9.90 Å². The van der Waals surface area contributed by atoms with E-state index < -0.39 is 11.9 Å². The van der Waals surface area contributed by atoms with Gasteiger partial charge in [-0.3, -0.25) is 4.79 Å². The van der Waals surface area contributed by atoms with Gasteiger partial charge < -0.3 is 5.11 Å². The average Bonchev–Trinajstić information content (AvgIpc) is 2.45.